The predicted molar refractivity (Wildman–Crippen MR) is 80.3 cm³/mol. The largest absolute Gasteiger partial charge is 0.207 e. The fourth-order valence-electron chi connectivity index (χ4n) is 1.61. The molecule has 0 bridgehead atoms. The minimum Gasteiger partial charge on any atom is -0.207 e. The maximum absolute atomic E-state index is 12.9. The summed E-state index contributed by atoms with van der Waals surface area (Å²) < 4.78 is 12.4. The third kappa shape index (κ3) is 3.18. The molecule has 0 unspecified atom stereocenters. The van der Waals surface area contributed by atoms with Crippen molar-refractivity contribution in [1.82, 2.24) is 0 Å². The molecule has 0 atom stereocenters. The van der Waals surface area contributed by atoms with Gasteiger partial charge in [-0.25, -0.2) is 4.39 Å². The van der Waals surface area contributed by atoms with Gasteiger partial charge in [-0.1, -0.05) is 84.2 Å². The average molecular weight is 423 g/mol. The molecule has 0 amide bonds. The molecule has 2 aromatic rings. The minimum absolute atomic E-state index is 0.228. The molecular formula is C13H8Br3F. The van der Waals surface area contributed by atoms with Gasteiger partial charge in [-0.15, -0.1) is 0 Å². The van der Waals surface area contributed by atoms with E-state index in [0.717, 1.165) is 16.7 Å². The van der Waals surface area contributed by atoms with Crippen LogP contribution in [0, 0.1) is 5.82 Å². The minimum atomic E-state index is -0.474. The summed E-state index contributed by atoms with van der Waals surface area (Å²) in [7, 11) is 0. The lowest BCUT2D eigenvalue weighted by molar-refractivity contribution is 0.628. The number of alkyl halides is 3. The van der Waals surface area contributed by atoms with E-state index in [0.29, 0.717) is 0 Å². The molecule has 0 N–H and O–H groups in total. The van der Waals surface area contributed by atoms with Crippen LogP contribution in [0.1, 0.15) is 5.56 Å². The summed E-state index contributed by atoms with van der Waals surface area (Å²) in [6, 6.07) is 14.4. The summed E-state index contributed by atoms with van der Waals surface area (Å²) >= 11 is 10.5. The van der Waals surface area contributed by atoms with Crippen LogP contribution >= 0.6 is 47.8 Å². The summed E-state index contributed by atoms with van der Waals surface area (Å²) in [5.41, 5.74) is 3.05. The van der Waals surface area contributed by atoms with E-state index in [1.165, 1.54) is 12.1 Å². The fourth-order valence-corrected chi connectivity index (χ4v) is 2.65. The standard InChI is InChI=1S/C13H8Br3F/c14-13(15,16)12-4-2-1-3-11(12)9-5-7-10(17)8-6-9/h1-8H. The highest BCUT2D eigenvalue weighted by Crippen LogP contribution is 2.47. The highest BCUT2D eigenvalue weighted by Gasteiger charge is 2.24. The summed E-state index contributed by atoms with van der Waals surface area (Å²) in [4.78, 5) is 0. The number of rotatable bonds is 1. The van der Waals surface area contributed by atoms with Crippen LogP contribution in [0.25, 0.3) is 11.1 Å². The van der Waals surface area contributed by atoms with Crippen LogP contribution in [0.15, 0.2) is 48.5 Å². The summed E-state index contributed by atoms with van der Waals surface area (Å²) in [6.45, 7) is 0. The number of hydrogen-bond donors (Lipinski definition) is 0. The molecule has 0 aliphatic rings. The SMILES string of the molecule is Fc1ccc(-c2ccccc2C(Br)(Br)Br)cc1. The first-order valence-electron chi connectivity index (χ1n) is 4.90. The summed E-state index contributed by atoms with van der Waals surface area (Å²) in [6.07, 6.45) is 0. The zero-order valence-electron chi connectivity index (χ0n) is 8.63. The lowest BCUT2D eigenvalue weighted by atomic mass is 10.0. The predicted octanol–water partition coefficient (Wildman–Crippen LogP) is 5.79. The van der Waals surface area contributed by atoms with Crippen molar-refractivity contribution in [3.05, 3.63) is 59.9 Å². The second kappa shape index (κ2) is 5.21. The van der Waals surface area contributed by atoms with E-state index in [4.69, 9.17) is 0 Å². The highest BCUT2D eigenvalue weighted by molar-refractivity contribution is 9.38. The zero-order valence-corrected chi connectivity index (χ0v) is 13.4. The molecule has 0 fully saturated rings. The molecule has 88 valence electrons. The van der Waals surface area contributed by atoms with Crippen LogP contribution in [-0.2, 0) is 2.14 Å². The Morgan fingerprint density at radius 1 is 0.824 bits per heavy atom. The second-order valence-electron chi connectivity index (χ2n) is 3.55. The first-order valence-corrected chi connectivity index (χ1v) is 7.28. The van der Waals surface area contributed by atoms with Crippen molar-refractivity contribution < 1.29 is 4.39 Å². The highest BCUT2D eigenvalue weighted by atomic mass is 80.0. The molecule has 0 nitrogen and oxygen atoms in total. The molecule has 0 spiro atoms. The van der Waals surface area contributed by atoms with Gasteiger partial charge in [0, 0.05) is 0 Å². The van der Waals surface area contributed by atoms with Crippen LogP contribution < -0.4 is 0 Å². The van der Waals surface area contributed by atoms with E-state index < -0.39 is 2.14 Å². The van der Waals surface area contributed by atoms with Gasteiger partial charge in [0.2, 0.25) is 0 Å². The summed E-state index contributed by atoms with van der Waals surface area (Å²) in [5.74, 6) is -0.228. The molecule has 2 aromatic carbocycles. The van der Waals surface area contributed by atoms with Gasteiger partial charge in [0.05, 0.1) is 0 Å². The van der Waals surface area contributed by atoms with E-state index in [-0.39, 0.29) is 5.82 Å². The zero-order chi connectivity index (χ0) is 12.5. The van der Waals surface area contributed by atoms with Crippen LogP contribution in [0.4, 0.5) is 4.39 Å². The van der Waals surface area contributed by atoms with Crippen molar-refractivity contribution in [3.8, 4) is 11.1 Å². The van der Waals surface area contributed by atoms with Gasteiger partial charge in [0.1, 0.15) is 5.82 Å². The molecule has 0 aliphatic carbocycles. The van der Waals surface area contributed by atoms with Crippen LogP contribution in [0.3, 0.4) is 0 Å². The molecule has 0 saturated carbocycles. The van der Waals surface area contributed by atoms with E-state index >= 15 is 0 Å². The summed E-state index contributed by atoms with van der Waals surface area (Å²) in [5, 5.41) is 0. The van der Waals surface area contributed by atoms with Crippen LogP contribution in [-0.4, -0.2) is 0 Å². The Morgan fingerprint density at radius 2 is 1.41 bits per heavy atom. The molecule has 17 heavy (non-hydrogen) atoms. The van der Waals surface area contributed by atoms with E-state index in [1.807, 2.05) is 24.3 Å². The Balaban J connectivity index is 2.56. The first-order chi connectivity index (χ1) is 7.98. The molecule has 0 aliphatic heterocycles. The van der Waals surface area contributed by atoms with Crippen molar-refractivity contribution >= 4 is 47.8 Å². The quantitative estimate of drug-likeness (QED) is 0.510. The molecule has 0 heterocycles. The Bertz CT molecular complexity index is 515. The monoisotopic (exact) mass is 420 g/mol. The van der Waals surface area contributed by atoms with E-state index in [2.05, 4.69) is 47.8 Å². The van der Waals surface area contributed by atoms with Gasteiger partial charge in [-0.3, -0.25) is 0 Å². The molecule has 0 saturated heterocycles. The Kier molecular flexibility index (Phi) is 4.06. The van der Waals surface area contributed by atoms with Crippen molar-refractivity contribution in [1.29, 1.82) is 0 Å². The Morgan fingerprint density at radius 3 is 2.00 bits per heavy atom. The smallest absolute Gasteiger partial charge is 0.160 e. The Hall–Kier alpha value is -0.190. The maximum Gasteiger partial charge on any atom is 0.160 e. The van der Waals surface area contributed by atoms with Crippen molar-refractivity contribution in [2.24, 2.45) is 0 Å². The van der Waals surface area contributed by atoms with Crippen molar-refractivity contribution in [3.63, 3.8) is 0 Å². The third-order valence-corrected chi connectivity index (χ3v) is 3.67. The van der Waals surface area contributed by atoms with Gasteiger partial charge in [0.25, 0.3) is 0 Å². The Labute approximate surface area is 125 Å². The topological polar surface area (TPSA) is 0 Å². The first kappa shape index (κ1) is 13.2. The van der Waals surface area contributed by atoms with E-state index in [1.54, 1.807) is 12.1 Å². The van der Waals surface area contributed by atoms with Gasteiger partial charge < -0.3 is 0 Å². The van der Waals surface area contributed by atoms with Gasteiger partial charge in [0.15, 0.2) is 2.14 Å². The molecular weight excluding hydrogens is 415 g/mol. The molecule has 4 heteroatoms. The number of hydrogen-bond acceptors (Lipinski definition) is 0. The molecule has 0 radical (unpaired) electrons. The fraction of sp³-hybridized carbons (Fsp3) is 0.0769. The van der Waals surface area contributed by atoms with Crippen LogP contribution in [0.2, 0.25) is 0 Å². The average Bonchev–Trinajstić information content (AvgIpc) is 2.29. The molecule has 2 rings (SSSR count). The number of benzene rings is 2. The second-order valence-corrected chi connectivity index (χ2v) is 10.3. The normalized spacial score (nSPS) is 11.5. The van der Waals surface area contributed by atoms with Crippen molar-refractivity contribution in [2.45, 2.75) is 2.14 Å². The third-order valence-electron chi connectivity index (χ3n) is 2.39. The van der Waals surface area contributed by atoms with Crippen molar-refractivity contribution in [2.75, 3.05) is 0 Å². The lowest BCUT2D eigenvalue weighted by Gasteiger charge is -2.17. The van der Waals surface area contributed by atoms with Gasteiger partial charge in [-0.05, 0) is 28.8 Å². The van der Waals surface area contributed by atoms with Crippen LogP contribution in [0.5, 0.6) is 0 Å². The van der Waals surface area contributed by atoms with Gasteiger partial charge in [-0.2, -0.15) is 0 Å². The molecule has 0 aromatic heterocycles. The number of halogens is 4. The lowest BCUT2D eigenvalue weighted by Crippen LogP contribution is -2.00. The van der Waals surface area contributed by atoms with Gasteiger partial charge >= 0.3 is 0 Å². The maximum atomic E-state index is 12.9. The van der Waals surface area contributed by atoms with E-state index in [9.17, 15) is 4.39 Å².